The zero-order valence-electron chi connectivity index (χ0n) is 8.07. The molecule has 72 valence electrons. The number of hydrogen-bond donors (Lipinski definition) is 0. The number of aryl methyl sites for hydroxylation is 2. The van der Waals surface area contributed by atoms with Crippen molar-refractivity contribution in [1.29, 1.82) is 0 Å². The first-order valence-corrected chi connectivity index (χ1v) is 5.20. The van der Waals surface area contributed by atoms with Crippen molar-refractivity contribution in [2.75, 3.05) is 0 Å². The lowest BCUT2D eigenvalue weighted by atomic mass is 10.0. The maximum atomic E-state index is 6.10. The summed E-state index contributed by atoms with van der Waals surface area (Å²) in [6, 6.07) is 7.90. The summed E-state index contributed by atoms with van der Waals surface area (Å²) in [5.74, 6) is 0. The van der Waals surface area contributed by atoms with Crippen LogP contribution < -0.4 is 0 Å². The van der Waals surface area contributed by atoms with E-state index in [2.05, 4.69) is 6.92 Å². The third-order valence-electron chi connectivity index (χ3n) is 2.51. The number of benzene rings is 2. The lowest BCUT2D eigenvalue weighted by Gasteiger charge is -2.08. The summed E-state index contributed by atoms with van der Waals surface area (Å²) in [5, 5.41) is 3.92. The van der Waals surface area contributed by atoms with Crippen molar-refractivity contribution in [2.45, 2.75) is 13.8 Å². The van der Waals surface area contributed by atoms with Gasteiger partial charge in [-0.05, 0) is 53.9 Å². The van der Waals surface area contributed by atoms with E-state index < -0.39 is 0 Å². The van der Waals surface area contributed by atoms with E-state index in [4.69, 9.17) is 23.2 Å². The minimum Gasteiger partial charge on any atom is -0.0843 e. The molecule has 14 heavy (non-hydrogen) atoms. The van der Waals surface area contributed by atoms with Gasteiger partial charge in [-0.2, -0.15) is 0 Å². The molecule has 2 heteroatoms. The monoisotopic (exact) mass is 224 g/mol. The van der Waals surface area contributed by atoms with Gasteiger partial charge >= 0.3 is 0 Å². The first-order chi connectivity index (χ1) is 6.59. The van der Waals surface area contributed by atoms with Crippen LogP contribution in [0.3, 0.4) is 0 Å². The van der Waals surface area contributed by atoms with Crippen molar-refractivity contribution in [2.24, 2.45) is 0 Å². The standard InChI is InChI=1S/C12H10Cl2/c1-7-5-12(14)8(2)11-6-9(13)3-4-10(7)11/h3-6H,1-2H3. The molecule has 0 N–H and O–H groups in total. The molecule has 0 fully saturated rings. The van der Waals surface area contributed by atoms with Crippen LogP contribution in [0.5, 0.6) is 0 Å². The van der Waals surface area contributed by atoms with Crippen molar-refractivity contribution >= 4 is 34.0 Å². The van der Waals surface area contributed by atoms with Gasteiger partial charge in [0.2, 0.25) is 0 Å². The lowest BCUT2D eigenvalue weighted by molar-refractivity contribution is 1.46. The maximum Gasteiger partial charge on any atom is 0.0444 e. The second kappa shape index (κ2) is 3.45. The second-order valence-electron chi connectivity index (χ2n) is 3.49. The van der Waals surface area contributed by atoms with Gasteiger partial charge in [0.05, 0.1) is 0 Å². The highest BCUT2D eigenvalue weighted by Crippen LogP contribution is 2.30. The smallest absolute Gasteiger partial charge is 0.0444 e. The average molecular weight is 225 g/mol. The molecule has 0 aliphatic carbocycles. The van der Waals surface area contributed by atoms with Gasteiger partial charge in [-0.25, -0.2) is 0 Å². The molecule has 0 saturated heterocycles. The fraction of sp³-hybridized carbons (Fsp3) is 0.167. The summed E-state index contributed by atoms with van der Waals surface area (Å²) < 4.78 is 0. The molecular weight excluding hydrogens is 215 g/mol. The van der Waals surface area contributed by atoms with Crippen LogP contribution >= 0.6 is 23.2 Å². The van der Waals surface area contributed by atoms with Crippen LogP contribution in [-0.2, 0) is 0 Å². The third-order valence-corrected chi connectivity index (χ3v) is 3.14. The summed E-state index contributed by atoms with van der Waals surface area (Å²) in [5.41, 5.74) is 2.28. The van der Waals surface area contributed by atoms with Crippen LogP contribution in [0.1, 0.15) is 11.1 Å². The summed E-state index contributed by atoms with van der Waals surface area (Å²) in [4.78, 5) is 0. The molecule has 0 aliphatic heterocycles. The van der Waals surface area contributed by atoms with Crippen molar-refractivity contribution < 1.29 is 0 Å². The van der Waals surface area contributed by atoms with Crippen molar-refractivity contribution in [3.63, 3.8) is 0 Å². The zero-order chi connectivity index (χ0) is 10.3. The topological polar surface area (TPSA) is 0 Å². The molecule has 0 nitrogen and oxygen atoms in total. The highest BCUT2D eigenvalue weighted by atomic mass is 35.5. The van der Waals surface area contributed by atoms with E-state index in [0.29, 0.717) is 0 Å². The molecule has 2 rings (SSSR count). The Kier molecular flexibility index (Phi) is 2.42. The summed E-state index contributed by atoms with van der Waals surface area (Å²) in [6.45, 7) is 4.07. The Hall–Kier alpha value is -0.720. The molecule has 0 radical (unpaired) electrons. The van der Waals surface area contributed by atoms with Crippen LogP contribution in [0.25, 0.3) is 10.8 Å². The van der Waals surface area contributed by atoms with E-state index in [1.54, 1.807) is 0 Å². The first-order valence-electron chi connectivity index (χ1n) is 4.44. The van der Waals surface area contributed by atoms with Gasteiger partial charge in [-0.1, -0.05) is 29.3 Å². The van der Waals surface area contributed by atoms with Gasteiger partial charge in [0.25, 0.3) is 0 Å². The van der Waals surface area contributed by atoms with Crippen molar-refractivity contribution in [3.05, 3.63) is 45.4 Å². The van der Waals surface area contributed by atoms with E-state index in [1.807, 2.05) is 31.2 Å². The van der Waals surface area contributed by atoms with Gasteiger partial charge in [0, 0.05) is 10.0 Å². The fourth-order valence-corrected chi connectivity index (χ4v) is 2.11. The molecule has 0 aromatic heterocycles. The van der Waals surface area contributed by atoms with Crippen LogP contribution in [0.2, 0.25) is 10.0 Å². The Morgan fingerprint density at radius 1 is 0.929 bits per heavy atom. The third kappa shape index (κ3) is 1.49. The summed E-state index contributed by atoms with van der Waals surface area (Å²) in [6.07, 6.45) is 0. The van der Waals surface area contributed by atoms with E-state index in [-0.39, 0.29) is 0 Å². The Balaban J connectivity index is 2.95. The number of hydrogen-bond acceptors (Lipinski definition) is 0. The molecule has 0 bridgehead atoms. The highest BCUT2D eigenvalue weighted by Gasteiger charge is 2.05. The van der Waals surface area contributed by atoms with Gasteiger partial charge in [0.1, 0.15) is 0 Å². The normalized spacial score (nSPS) is 10.9. The summed E-state index contributed by atoms with van der Waals surface area (Å²) >= 11 is 12.1. The van der Waals surface area contributed by atoms with Crippen LogP contribution in [0.4, 0.5) is 0 Å². The minimum atomic E-state index is 0.752. The number of fused-ring (bicyclic) bond motifs is 1. The van der Waals surface area contributed by atoms with Crippen LogP contribution in [0.15, 0.2) is 24.3 Å². The Labute approximate surface area is 93.4 Å². The molecule has 2 aromatic rings. The summed E-state index contributed by atoms with van der Waals surface area (Å²) in [7, 11) is 0. The fourth-order valence-electron chi connectivity index (χ4n) is 1.68. The number of rotatable bonds is 0. The second-order valence-corrected chi connectivity index (χ2v) is 4.33. The first kappa shape index (κ1) is 9.82. The molecule has 0 amide bonds. The predicted octanol–water partition coefficient (Wildman–Crippen LogP) is 4.76. The predicted molar refractivity (Wildman–Crippen MR) is 63.4 cm³/mol. The molecule has 0 atom stereocenters. The molecule has 0 saturated carbocycles. The van der Waals surface area contributed by atoms with E-state index in [0.717, 1.165) is 21.0 Å². The number of halogens is 2. The molecule has 0 aliphatic rings. The minimum absolute atomic E-state index is 0.752. The zero-order valence-corrected chi connectivity index (χ0v) is 9.58. The maximum absolute atomic E-state index is 6.10. The Bertz CT molecular complexity index is 501. The van der Waals surface area contributed by atoms with Crippen LogP contribution in [0, 0.1) is 13.8 Å². The molecule has 0 spiro atoms. The Morgan fingerprint density at radius 2 is 1.64 bits per heavy atom. The van der Waals surface area contributed by atoms with Gasteiger partial charge < -0.3 is 0 Å². The van der Waals surface area contributed by atoms with Gasteiger partial charge in [-0.15, -0.1) is 0 Å². The largest absolute Gasteiger partial charge is 0.0843 e. The van der Waals surface area contributed by atoms with Gasteiger partial charge in [0.15, 0.2) is 0 Å². The van der Waals surface area contributed by atoms with Gasteiger partial charge in [-0.3, -0.25) is 0 Å². The molecular formula is C12H10Cl2. The Morgan fingerprint density at radius 3 is 2.36 bits per heavy atom. The quantitative estimate of drug-likeness (QED) is 0.606. The van der Waals surface area contributed by atoms with E-state index in [1.165, 1.54) is 10.9 Å². The molecule has 0 heterocycles. The van der Waals surface area contributed by atoms with E-state index >= 15 is 0 Å². The van der Waals surface area contributed by atoms with Crippen molar-refractivity contribution in [1.82, 2.24) is 0 Å². The SMILES string of the molecule is Cc1cc(Cl)c(C)c2cc(Cl)ccc12. The average Bonchev–Trinajstić information content (AvgIpc) is 2.14. The van der Waals surface area contributed by atoms with Crippen molar-refractivity contribution in [3.8, 4) is 0 Å². The molecule has 0 unspecified atom stereocenters. The highest BCUT2D eigenvalue weighted by molar-refractivity contribution is 6.33. The van der Waals surface area contributed by atoms with E-state index in [9.17, 15) is 0 Å². The lowest BCUT2D eigenvalue weighted by Crippen LogP contribution is -1.84. The molecule has 2 aromatic carbocycles. The van der Waals surface area contributed by atoms with Crippen LogP contribution in [-0.4, -0.2) is 0 Å².